The Labute approximate surface area is 94.5 Å². The average Bonchev–Trinajstić information content (AvgIpc) is 2.16. The second-order valence-electron chi connectivity index (χ2n) is 4.01. The Morgan fingerprint density at radius 2 is 1.93 bits per heavy atom. The van der Waals surface area contributed by atoms with Crippen LogP contribution in [0.3, 0.4) is 0 Å². The van der Waals surface area contributed by atoms with E-state index < -0.39 is 10.8 Å². The van der Waals surface area contributed by atoms with Gasteiger partial charge in [-0.1, -0.05) is 29.8 Å². The van der Waals surface area contributed by atoms with Crippen LogP contribution in [0, 0.1) is 6.92 Å². The first-order chi connectivity index (χ1) is 7.08. The second kappa shape index (κ2) is 6.03. The minimum absolute atomic E-state index is 0.303. The van der Waals surface area contributed by atoms with Crippen LogP contribution in [0.5, 0.6) is 0 Å². The summed E-state index contributed by atoms with van der Waals surface area (Å²) in [6.45, 7) is 4.99. The molecule has 0 saturated carbocycles. The third-order valence-corrected chi connectivity index (χ3v) is 3.23. The summed E-state index contributed by atoms with van der Waals surface area (Å²) in [4.78, 5) is 0. The standard InChI is InChI=1S/C12H19NOS/c1-10-4-6-12(7-5-10)8-13-11(2)9-15(3)14/h4-7,11,13H,8-9H2,1-3H3. The van der Waals surface area contributed by atoms with E-state index in [1.807, 2.05) is 0 Å². The highest BCUT2D eigenvalue weighted by atomic mass is 32.2. The summed E-state index contributed by atoms with van der Waals surface area (Å²) in [5.74, 6) is 0.714. The van der Waals surface area contributed by atoms with Crippen molar-refractivity contribution in [3.05, 3.63) is 35.4 Å². The van der Waals surface area contributed by atoms with Gasteiger partial charge < -0.3 is 5.32 Å². The molecule has 0 aromatic heterocycles. The van der Waals surface area contributed by atoms with Crippen molar-refractivity contribution < 1.29 is 4.21 Å². The van der Waals surface area contributed by atoms with Gasteiger partial charge in [0.25, 0.3) is 0 Å². The first-order valence-electron chi connectivity index (χ1n) is 5.17. The van der Waals surface area contributed by atoms with Crippen LogP contribution in [0.15, 0.2) is 24.3 Å². The van der Waals surface area contributed by atoms with Gasteiger partial charge in [-0.2, -0.15) is 0 Å². The lowest BCUT2D eigenvalue weighted by Gasteiger charge is -2.12. The van der Waals surface area contributed by atoms with Gasteiger partial charge >= 0.3 is 0 Å². The molecule has 15 heavy (non-hydrogen) atoms. The number of hydrogen-bond donors (Lipinski definition) is 1. The third-order valence-electron chi connectivity index (χ3n) is 2.26. The molecule has 1 rings (SSSR count). The minimum Gasteiger partial charge on any atom is -0.309 e. The van der Waals surface area contributed by atoms with Crippen LogP contribution in [0.25, 0.3) is 0 Å². The molecule has 2 nitrogen and oxygen atoms in total. The van der Waals surface area contributed by atoms with Crippen LogP contribution in [0.1, 0.15) is 18.1 Å². The van der Waals surface area contributed by atoms with E-state index in [1.54, 1.807) is 6.26 Å². The zero-order valence-electron chi connectivity index (χ0n) is 9.62. The second-order valence-corrected chi connectivity index (χ2v) is 5.49. The predicted octanol–water partition coefficient (Wildman–Crippen LogP) is 1.85. The Hall–Kier alpha value is -0.670. The Bertz CT molecular complexity index is 321. The Morgan fingerprint density at radius 1 is 1.33 bits per heavy atom. The van der Waals surface area contributed by atoms with Crippen molar-refractivity contribution in [2.75, 3.05) is 12.0 Å². The molecule has 2 atom stereocenters. The first kappa shape index (κ1) is 12.4. The van der Waals surface area contributed by atoms with Crippen molar-refractivity contribution in [1.82, 2.24) is 5.32 Å². The molecule has 1 aromatic rings. The number of rotatable bonds is 5. The normalized spacial score (nSPS) is 14.9. The van der Waals surface area contributed by atoms with E-state index in [1.165, 1.54) is 11.1 Å². The molecule has 84 valence electrons. The highest BCUT2D eigenvalue weighted by Gasteiger charge is 2.03. The highest BCUT2D eigenvalue weighted by Crippen LogP contribution is 2.02. The van der Waals surface area contributed by atoms with E-state index in [4.69, 9.17) is 0 Å². The van der Waals surface area contributed by atoms with E-state index in [0.29, 0.717) is 11.8 Å². The predicted molar refractivity (Wildman–Crippen MR) is 66.4 cm³/mol. The van der Waals surface area contributed by atoms with Gasteiger partial charge in [0.15, 0.2) is 0 Å². The number of aryl methyl sites for hydroxylation is 1. The lowest BCUT2D eigenvalue weighted by atomic mass is 10.1. The van der Waals surface area contributed by atoms with E-state index in [9.17, 15) is 4.21 Å². The molecule has 0 aliphatic rings. The van der Waals surface area contributed by atoms with Crippen molar-refractivity contribution in [2.24, 2.45) is 0 Å². The summed E-state index contributed by atoms with van der Waals surface area (Å²) in [5, 5.41) is 3.36. The van der Waals surface area contributed by atoms with Gasteiger partial charge in [-0.05, 0) is 19.4 Å². The molecule has 1 aromatic carbocycles. The molecular formula is C12H19NOS. The molecule has 3 heteroatoms. The molecule has 0 bridgehead atoms. The van der Waals surface area contributed by atoms with Crippen LogP contribution < -0.4 is 5.32 Å². The first-order valence-corrected chi connectivity index (χ1v) is 6.89. The van der Waals surface area contributed by atoms with Crippen molar-refractivity contribution in [3.63, 3.8) is 0 Å². The average molecular weight is 225 g/mol. The zero-order valence-corrected chi connectivity index (χ0v) is 10.4. The Kier molecular flexibility index (Phi) is 4.99. The maximum atomic E-state index is 11.0. The van der Waals surface area contributed by atoms with Crippen LogP contribution in [0.4, 0.5) is 0 Å². The maximum Gasteiger partial charge on any atom is 0.0383 e. The van der Waals surface area contributed by atoms with Gasteiger partial charge in [0.05, 0.1) is 0 Å². The van der Waals surface area contributed by atoms with Crippen LogP contribution >= 0.6 is 0 Å². The molecule has 0 radical (unpaired) electrons. The summed E-state index contributed by atoms with van der Waals surface area (Å²) < 4.78 is 11.0. The molecular weight excluding hydrogens is 206 g/mol. The van der Waals surface area contributed by atoms with Crippen molar-refractivity contribution in [2.45, 2.75) is 26.4 Å². The van der Waals surface area contributed by atoms with E-state index in [-0.39, 0.29) is 0 Å². The number of hydrogen-bond acceptors (Lipinski definition) is 2. The SMILES string of the molecule is Cc1ccc(CNC(C)CS(C)=O)cc1. The fourth-order valence-electron chi connectivity index (χ4n) is 1.41. The van der Waals surface area contributed by atoms with Crippen LogP contribution in [-0.2, 0) is 17.3 Å². The number of nitrogens with one attached hydrogen (secondary N) is 1. The van der Waals surface area contributed by atoms with Gasteiger partial charge in [-0.25, -0.2) is 0 Å². The topological polar surface area (TPSA) is 29.1 Å². The van der Waals surface area contributed by atoms with E-state index in [0.717, 1.165) is 6.54 Å². The van der Waals surface area contributed by atoms with Gasteiger partial charge in [-0.15, -0.1) is 0 Å². The number of benzene rings is 1. The van der Waals surface area contributed by atoms with Gasteiger partial charge in [-0.3, -0.25) is 4.21 Å². The van der Waals surface area contributed by atoms with Crippen molar-refractivity contribution in [1.29, 1.82) is 0 Å². The van der Waals surface area contributed by atoms with Gasteiger partial charge in [0.1, 0.15) is 0 Å². The van der Waals surface area contributed by atoms with Crippen molar-refractivity contribution >= 4 is 10.8 Å². The molecule has 0 fully saturated rings. The monoisotopic (exact) mass is 225 g/mol. The molecule has 2 unspecified atom stereocenters. The lowest BCUT2D eigenvalue weighted by Crippen LogP contribution is -2.30. The summed E-state index contributed by atoms with van der Waals surface area (Å²) >= 11 is 0. The molecule has 1 N–H and O–H groups in total. The largest absolute Gasteiger partial charge is 0.309 e. The van der Waals surface area contributed by atoms with Crippen LogP contribution in [-0.4, -0.2) is 22.3 Å². The van der Waals surface area contributed by atoms with Gasteiger partial charge in [0, 0.05) is 35.4 Å². The van der Waals surface area contributed by atoms with Crippen LogP contribution in [0.2, 0.25) is 0 Å². The minimum atomic E-state index is -0.720. The fraction of sp³-hybridized carbons (Fsp3) is 0.500. The smallest absolute Gasteiger partial charge is 0.0383 e. The van der Waals surface area contributed by atoms with E-state index >= 15 is 0 Å². The summed E-state index contributed by atoms with van der Waals surface area (Å²) in [5.41, 5.74) is 2.55. The maximum absolute atomic E-state index is 11.0. The molecule has 0 spiro atoms. The zero-order chi connectivity index (χ0) is 11.3. The summed E-state index contributed by atoms with van der Waals surface area (Å²) in [6, 6.07) is 8.77. The molecule has 0 amide bonds. The molecule has 0 aliphatic carbocycles. The van der Waals surface area contributed by atoms with Gasteiger partial charge in [0.2, 0.25) is 0 Å². The third kappa shape index (κ3) is 5.09. The molecule has 0 saturated heterocycles. The quantitative estimate of drug-likeness (QED) is 0.828. The van der Waals surface area contributed by atoms with Crippen molar-refractivity contribution in [3.8, 4) is 0 Å². The Morgan fingerprint density at radius 3 is 2.47 bits per heavy atom. The van der Waals surface area contributed by atoms with E-state index in [2.05, 4.69) is 43.4 Å². The summed E-state index contributed by atoms with van der Waals surface area (Å²) in [6.07, 6.45) is 1.74. The molecule has 0 heterocycles. The molecule has 0 aliphatic heterocycles. The Balaban J connectivity index is 2.36. The fourth-order valence-corrected chi connectivity index (χ4v) is 2.23. The summed E-state index contributed by atoms with van der Waals surface area (Å²) in [7, 11) is -0.720. The highest BCUT2D eigenvalue weighted by molar-refractivity contribution is 7.84. The lowest BCUT2D eigenvalue weighted by molar-refractivity contribution is 0.587.